The summed E-state index contributed by atoms with van der Waals surface area (Å²) in [6.07, 6.45) is 1.42. The lowest BCUT2D eigenvalue weighted by atomic mass is 9.70. The maximum absolute atomic E-state index is 11.5. The molecule has 18 heavy (non-hydrogen) atoms. The van der Waals surface area contributed by atoms with Crippen molar-refractivity contribution in [3.63, 3.8) is 0 Å². The van der Waals surface area contributed by atoms with Crippen LogP contribution in [0.3, 0.4) is 0 Å². The molecule has 0 aromatic carbocycles. The summed E-state index contributed by atoms with van der Waals surface area (Å²) < 4.78 is 4.90. The number of halogens is 1. The van der Waals surface area contributed by atoms with E-state index in [0.717, 1.165) is 0 Å². The van der Waals surface area contributed by atoms with E-state index in [1.807, 2.05) is 0 Å². The lowest BCUT2D eigenvalue weighted by molar-refractivity contribution is -0.148. The molecule has 0 bridgehead atoms. The molecule has 5 nitrogen and oxygen atoms in total. The number of hydrogen-bond acceptors (Lipinski definition) is 3. The van der Waals surface area contributed by atoms with Crippen molar-refractivity contribution in [3.8, 4) is 0 Å². The van der Waals surface area contributed by atoms with Crippen molar-refractivity contribution in [3.05, 3.63) is 22.3 Å². The van der Waals surface area contributed by atoms with E-state index in [4.69, 9.17) is 21.4 Å². The van der Waals surface area contributed by atoms with Crippen LogP contribution in [0, 0.1) is 5.41 Å². The van der Waals surface area contributed by atoms with Crippen molar-refractivity contribution in [2.45, 2.75) is 19.8 Å². The molecule has 0 heterocycles. The van der Waals surface area contributed by atoms with E-state index in [9.17, 15) is 14.7 Å². The monoisotopic (exact) mass is 274 g/mol. The van der Waals surface area contributed by atoms with Crippen molar-refractivity contribution in [1.29, 1.82) is 0 Å². The molecule has 1 unspecified atom stereocenters. The van der Waals surface area contributed by atoms with Gasteiger partial charge in [-0.25, -0.2) is 4.79 Å². The molecule has 0 amide bonds. The molecule has 1 atom stereocenters. The Labute approximate surface area is 110 Å². The first-order valence-electron chi connectivity index (χ1n) is 5.38. The van der Waals surface area contributed by atoms with E-state index in [1.54, 1.807) is 6.92 Å². The molecule has 0 spiro atoms. The van der Waals surface area contributed by atoms with Crippen LogP contribution in [-0.2, 0) is 14.3 Å². The van der Waals surface area contributed by atoms with Crippen LogP contribution < -0.4 is 0 Å². The van der Waals surface area contributed by atoms with E-state index >= 15 is 0 Å². The van der Waals surface area contributed by atoms with Gasteiger partial charge in [0.1, 0.15) is 0 Å². The molecule has 0 saturated carbocycles. The minimum absolute atomic E-state index is 0.00380. The van der Waals surface area contributed by atoms with E-state index in [0.29, 0.717) is 5.57 Å². The maximum atomic E-state index is 11.5. The highest BCUT2D eigenvalue weighted by molar-refractivity contribution is 6.32. The van der Waals surface area contributed by atoms with Crippen LogP contribution in [0.15, 0.2) is 22.3 Å². The molecule has 1 aliphatic rings. The molecule has 100 valence electrons. The van der Waals surface area contributed by atoms with E-state index in [-0.39, 0.29) is 30.1 Å². The summed E-state index contributed by atoms with van der Waals surface area (Å²) in [6.45, 7) is 1.84. The van der Waals surface area contributed by atoms with Crippen molar-refractivity contribution in [2.75, 3.05) is 13.7 Å². The molecular formula is C12H15ClO5. The van der Waals surface area contributed by atoms with Gasteiger partial charge in [-0.1, -0.05) is 11.6 Å². The number of hydrogen-bond donors (Lipinski definition) is 2. The molecule has 0 aliphatic heterocycles. The highest BCUT2D eigenvalue weighted by atomic mass is 35.5. The van der Waals surface area contributed by atoms with Crippen LogP contribution in [0.1, 0.15) is 19.8 Å². The van der Waals surface area contributed by atoms with Crippen molar-refractivity contribution >= 4 is 23.5 Å². The first kappa shape index (κ1) is 14.7. The second kappa shape index (κ2) is 5.54. The second-order valence-corrected chi connectivity index (χ2v) is 4.66. The van der Waals surface area contributed by atoms with Crippen molar-refractivity contribution in [2.24, 2.45) is 5.41 Å². The van der Waals surface area contributed by atoms with Gasteiger partial charge in [0.2, 0.25) is 0 Å². The number of carboxylic acid groups (broad SMARTS) is 2. The standard InChI is InChI=1S/C12H15ClO5/c1-7-9(13)5-8(10(14)15)6-12(7,11(16)17)3-4-18-2/h5H,3-4,6H2,1-2H3,(H,14,15)(H,16,17). The number of allylic oxidation sites excluding steroid dienone is 2. The van der Waals surface area contributed by atoms with Gasteiger partial charge in [-0.05, 0) is 31.4 Å². The Hall–Kier alpha value is -1.33. The smallest absolute Gasteiger partial charge is 0.331 e. The van der Waals surface area contributed by atoms with E-state index in [2.05, 4.69) is 0 Å². The van der Waals surface area contributed by atoms with Crippen molar-refractivity contribution < 1.29 is 24.5 Å². The molecule has 1 rings (SSSR count). The molecule has 0 saturated heterocycles. The number of aliphatic carboxylic acids is 2. The highest BCUT2D eigenvalue weighted by Crippen LogP contribution is 2.44. The Kier molecular flexibility index (Phi) is 4.53. The number of methoxy groups -OCH3 is 1. The van der Waals surface area contributed by atoms with Gasteiger partial charge >= 0.3 is 11.9 Å². The third-order valence-corrected chi connectivity index (χ3v) is 3.68. The topological polar surface area (TPSA) is 83.8 Å². The lowest BCUT2D eigenvalue weighted by Gasteiger charge is -2.33. The highest BCUT2D eigenvalue weighted by Gasteiger charge is 2.44. The predicted molar refractivity (Wildman–Crippen MR) is 65.5 cm³/mol. The minimum Gasteiger partial charge on any atom is -0.481 e. The number of rotatable bonds is 5. The summed E-state index contributed by atoms with van der Waals surface area (Å²) in [5, 5.41) is 18.6. The fourth-order valence-corrected chi connectivity index (χ4v) is 2.34. The Balaban J connectivity index is 3.24. The summed E-state index contributed by atoms with van der Waals surface area (Å²) >= 11 is 5.95. The second-order valence-electron chi connectivity index (χ2n) is 4.25. The SMILES string of the molecule is COCCC1(C(=O)O)CC(C(=O)O)=CC(Cl)=C1C. The molecule has 0 radical (unpaired) electrons. The van der Waals surface area contributed by atoms with Crippen LogP contribution in [0.2, 0.25) is 0 Å². The zero-order valence-corrected chi connectivity index (χ0v) is 11.0. The van der Waals surface area contributed by atoms with E-state index in [1.165, 1.54) is 13.2 Å². The predicted octanol–water partition coefficient (Wildman–Crippen LogP) is 2.02. The van der Waals surface area contributed by atoms with Gasteiger partial charge in [0.05, 0.1) is 5.41 Å². The van der Waals surface area contributed by atoms with Gasteiger partial charge in [0.15, 0.2) is 0 Å². The number of ether oxygens (including phenoxy) is 1. The van der Waals surface area contributed by atoms with Crippen LogP contribution in [0.4, 0.5) is 0 Å². The molecule has 0 aromatic heterocycles. The zero-order valence-electron chi connectivity index (χ0n) is 10.2. The van der Waals surface area contributed by atoms with Crippen molar-refractivity contribution in [1.82, 2.24) is 0 Å². The Morgan fingerprint density at radius 2 is 2.11 bits per heavy atom. The first-order chi connectivity index (χ1) is 8.35. The summed E-state index contributed by atoms with van der Waals surface area (Å²) in [5.74, 6) is -2.23. The first-order valence-corrected chi connectivity index (χ1v) is 5.76. The zero-order chi connectivity index (χ0) is 13.9. The molecule has 2 N–H and O–H groups in total. The van der Waals surface area contributed by atoms with Crippen LogP contribution in [-0.4, -0.2) is 35.9 Å². The van der Waals surface area contributed by atoms with Gasteiger partial charge in [-0.15, -0.1) is 0 Å². The third-order valence-electron chi connectivity index (χ3n) is 3.29. The molecular weight excluding hydrogens is 260 g/mol. The number of carboxylic acids is 2. The van der Waals surface area contributed by atoms with Gasteiger partial charge in [-0.2, -0.15) is 0 Å². The van der Waals surface area contributed by atoms with Gasteiger partial charge in [-0.3, -0.25) is 4.79 Å². The Bertz CT molecular complexity index is 438. The van der Waals surface area contributed by atoms with Gasteiger partial charge in [0, 0.05) is 24.3 Å². The van der Waals surface area contributed by atoms with E-state index < -0.39 is 17.4 Å². The summed E-state index contributed by atoms with van der Waals surface area (Å²) in [7, 11) is 1.47. The minimum atomic E-state index is -1.30. The van der Waals surface area contributed by atoms with Crippen LogP contribution in [0.5, 0.6) is 0 Å². The quantitative estimate of drug-likeness (QED) is 0.801. The molecule has 0 aromatic rings. The average molecular weight is 275 g/mol. The molecule has 0 fully saturated rings. The largest absolute Gasteiger partial charge is 0.481 e. The molecule has 6 heteroatoms. The van der Waals surface area contributed by atoms with Gasteiger partial charge in [0.25, 0.3) is 0 Å². The maximum Gasteiger partial charge on any atom is 0.331 e. The normalized spacial score (nSPS) is 23.8. The summed E-state index contributed by atoms with van der Waals surface area (Å²) in [5.41, 5.74) is -0.821. The van der Waals surface area contributed by atoms with Crippen LogP contribution >= 0.6 is 11.6 Å². The fraction of sp³-hybridized carbons (Fsp3) is 0.500. The third kappa shape index (κ3) is 2.57. The fourth-order valence-electron chi connectivity index (χ4n) is 2.03. The number of carbonyl (C=O) groups is 2. The summed E-state index contributed by atoms with van der Waals surface area (Å²) in [4.78, 5) is 22.6. The average Bonchev–Trinajstić information content (AvgIpc) is 2.30. The summed E-state index contributed by atoms with van der Waals surface area (Å²) in [6, 6.07) is 0. The van der Waals surface area contributed by atoms with Gasteiger partial charge < -0.3 is 14.9 Å². The lowest BCUT2D eigenvalue weighted by Crippen LogP contribution is -2.37. The van der Waals surface area contributed by atoms with Crippen LogP contribution in [0.25, 0.3) is 0 Å². The molecule has 1 aliphatic carbocycles. The Morgan fingerprint density at radius 1 is 1.50 bits per heavy atom. The Morgan fingerprint density at radius 3 is 2.56 bits per heavy atom.